The van der Waals surface area contributed by atoms with Gasteiger partial charge in [-0.15, -0.1) is 0 Å². The lowest BCUT2D eigenvalue weighted by Crippen LogP contribution is -2.37. The monoisotopic (exact) mass is 483 g/mol. The molecule has 0 fully saturated rings. The molecule has 0 atom stereocenters. The van der Waals surface area contributed by atoms with E-state index in [0.29, 0.717) is 42.3 Å². The summed E-state index contributed by atoms with van der Waals surface area (Å²) in [6.07, 6.45) is 0.492. The van der Waals surface area contributed by atoms with Crippen molar-refractivity contribution in [1.82, 2.24) is 5.32 Å². The molecule has 2 N–H and O–H groups in total. The molecule has 182 valence electrons. The maximum absolute atomic E-state index is 14.1. The van der Waals surface area contributed by atoms with Crippen LogP contribution in [0.3, 0.4) is 0 Å². The Balaban J connectivity index is 1.43. The molecule has 0 bridgehead atoms. The van der Waals surface area contributed by atoms with E-state index in [2.05, 4.69) is 10.6 Å². The van der Waals surface area contributed by atoms with Crippen molar-refractivity contribution in [3.63, 3.8) is 0 Å². The molecule has 0 spiro atoms. The standard InChI is InChI=1S/C29H26FN3O3/c30-26-14-7-8-15-27(26)32-29(35)33(21-9-20-31-28(34)22-10-3-1-4-11-22)23-16-18-25(19-17-23)36-24-12-5-2-6-13-24/h1-8,10-19H,9,20-21H2,(H,31,34)(H,32,35). The number of urea groups is 1. The molecule has 7 heteroatoms. The number of hydrogen-bond donors (Lipinski definition) is 2. The van der Waals surface area contributed by atoms with Crippen molar-refractivity contribution in [2.75, 3.05) is 23.3 Å². The molecule has 4 rings (SSSR count). The summed E-state index contributed by atoms with van der Waals surface area (Å²) in [7, 11) is 0. The number of ether oxygens (including phenoxy) is 1. The van der Waals surface area contributed by atoms with Crippen molar-refractivity contribution < 1.29 is 18.7 Å². The van der Waals surface area contributed by atoms with Crippen molar-refractivity contribution in [2.24, 2.45) is 0 Å². The van der Waals surface area contributed by atoms with Gasteiger partial charge in [0.2, 0.25) is 0 Å². The molecule has 4 aromatic rings. The van der Waals surface area contributed by atoms with E-state index in [4.69, 9.17) is 4.74 Å². The van der Waals surface area contributed by atoms with Crippen LogP contribution in [0.4, 0.5) is 20.6 Å². The lowest BCUT2D eigenvalue weighted by Gasteiger charge is -2.24. The second-order valence-electron chi connectivity index (χ2n) is 7.95. The van der Waals surface area contributed by atoms with Gasteiger partial charge in [0.1, 0.15) is 17.3 Å². The second-order valence-corrected chi connectivity index (χ2v) is 7.95. The minimum absolute atomic E-state index is 0.0916. The Morgan fingerprint density at radius 2 is 1.36 bits per heavy atom. The average molecular weight is 484 g/mol. The van der Waals surface area contributed by atoms with Crippen LogP contribution in [0, 0.1) is 5.82 Å². The first-order chi connectivity index (χ1) is 17.6. The van der Waals surface area contributed by atoms with Crippen molar-refractivity contribution in [1.29, 1.82) is 0 Å². The van der Waals surface area contributed by atoms with Crippen molar-refractivity contribution in [3.8, 4) is 11.5 Å². The first-order valence-electron chi connectivity index (χ1n) is 11.6. The molecule has 3 amide bonds. The Kier molecular flexibility index (Phi) is 8.27. The smallest absolute Gasteiger partial charge is 0.326 e. The van der Waals surface area contributed by atoms with Gasteiger partial charge < -0.3 is 15.4 Å². The molecule has 6 nitrogen and oxygen atoms in total. The normalized spacial score (nSPS) is 10.4. The molecule has 4 aromatic carbocycles. The van der Waals surface area contributed by atoms with Gasteiger partial charge >= 0.3 is 6.03 Å². The number of anilines is 2. The highest BCUT2D eigenvalue weighted by Crippen LogP contribution is 2.25. The maximum Gasteiger partial charge on any atom is 0.326 e. The van der Waals surface area contributed by atoms with Gasteiger partial charge in [-0.2, -0.15) is 0 Å². The molecular weight excluding hydrogens is 457 g/mol. The Hall–Kier alpha value is -4.65. The minimum Gasteiger partial charge on any atom is -0.457 e. The third-order valence-corrected chi connectivity index (χ3v) is 5.37. The molecule has 0 aliphatic rings. The van der Waals surface area contributed by atoms with Crippen molar-refractivity contribution in [2.45, 2.75) is 6.42 Å². The van der Waals surface area contributed by atoms with Crippen LogP contribution in [0.25, 0.3) is 0 Å². The van der Waals surface area contributed by atoms with Gasteiger partial charge in [-0.1, -0.05) is 48.5 Å². The molecule has 0 unspecified atom stereocenters. The van der Waals surface area contributed by atoms with Crippen LogP contribution >= 0.6 is 0 Å². The van der Waals surface area contributed by atoms with Crippen LogP contribution in [0.5, 0.6) is 11.5 Å². The van der Waals surface area contributed by atoms with E-state index in [1.54, 1.807) is 60.7 Å². The zero-order valence-electron chi connectivity index (χ0n) is 19.6. The van der Waals surface area contributed by atoms with E-state index in [1.807, 2.05) is 36.4 Å². The number of nitrogens with one attached hydrogen (secondary N) is 2. The molecule has 0 aliphatic heterocycles. The van der Waals surface area contributed by atoms with Crippen LogP contribution in [-0.4, -0.2) is 25.0 Å². The number of rotatable bonds is 9. The van der Waals surface area contributed by atoms with Crippen LogP contribution in [0.15, 0.2) is 109 Å². The fourth-order valence-electron chi connectivity index (χ4n) is 3.54. The molecule has 0 saturated heterocycles. The molecular formula is C29H26FN3O3. The van der Waals surface area contributed by atoms with Crippen LogP contribution in [-0.2, 0) is 0 Å². The van der Waals surface area contributed by atoms with Gasteiger partial charge in [0.05, 0.1) is 5.69 Å². The molecule has 36 heavy (non-hydrogen) atoms. The van der Waals surface area contributed by atoms with Gasteiger partial charge in [0.25, 0.3) is 5.91 Å². The number of nitrogens with zero attached hydrogens (tertiary/aromatic N) is 1. The van der Waals surface area contributed by atoms with Crippen molar-refractivity contribution in [3.05, 3.63) is 121 Å². The summed E-state index contributed by atoms with van der Waals surface area (Å²) in [6.45, 7) is 0.667. The molecule has 0 radical (unpaired) electrons. The summed E-state index contributed by atoms with van der Waals surface area (Å²) in [5.41, 5.74) is 1.27. The summed E-state index contributed by atoms with van der Waals surface area (Å²) in [4.78, 5) is 26.9. The highest BCUT2D eigenvalue weighted by atomic mass is 19.1. The fourth-order valence-corrected chi connectivity index (χ4v) is 3.54. The second kappa shape index (κ2) is 12.2. The van der Waals surface area contributed by atoms with E-state index >= 15 is 0 Å². The predicted molar refractivity (Wildman–Crippen MR) is 139 cm³/mol. The third-order valence-electron chi connectivity index (χ3n) is 5.37. The lowest BCUT2D eigenvalue weighted by atomic mass is 10.2. The van der Waals surface area contributed by atoms with Gasteiger partial charge in [-0.05, 0) is 67.1 Å². The highest BCUT2D eigenvalue weighted by molar-refractivity contribution is 6.01. The third kappa shape index (κ3) is 6.70. The average Bonchev–Trinajstić information content (AvgIpc) is 2.91. The topological polar surface area (TPSA) is 70.7 Å². The summed E-state index contributed by atoms with van der Waals surface area (Å²) < 4.78 is 20.0. The number of para-hydroxylation sites is 2. The Morgan fingerprint density at radius 1 is 0.750 bits per heavy atom. The zero-order chi connectivity index (χ0) is 25.2. The van der Waals surface area contributed by atoms with E-state index in [9.17, 15) is 14.0 Å². The van der Waals surface area contributed by atoms with E-state index in [1.165, 1.54) is 17.0 Å². The first kappa shape index (κ1) is 24.5. The lowest BCUT2D eigenvalue weighted by molar-refractivity contribution is 0.0953. The minimum atomic E-state index is -0.521. The molecule has 0 saturated carbocycles. The van der Waals surface area contributed by atoms with Gasteiger partial charge in [-0.3, -0.25) is 9.69 Å². The summed E-state index contributed by atoms with van der Waals surface area (Å²) >= 11 is 0. The number of hydrogen-bond acceptors (Lipinski definition) is 3. The highest BCUT2D eigenvalue weighted by Gasteiger charge is 2.17. The Labute approximate surface area is 209 Å². The first-order valence-corrected chi connectivity index (χ1v) is 11.6. The summed E-state index contributed by atoms with van der Waals surface area (Å²) in [5.74, 6) is 0.621. The van der Waals surface area contributed by atoms with Gasteiger partial charge in [0.15, 0.2) is 0 Å². The largest absolute Gasteiger partial charge is 0.457 e. The predicted octanol–water partition coefficient (Wildman–Crippen LogP) is 6.48. The van der Waals surface area contributed by atoms with Crippen LogP contribution in [0.1, 0.15) is 16.8 Å². The Morgan fingerprint density at radius 3 is 2.06 bits per heavy atom. The Bertz CT molecular complexity index is 1280. The summed E-state index contributed by atoms with van der Waals surface area (Å²) in [6, 6.07) is 30.9. The molecule has 0 heterocycles. The quantitative estimate of drug-likeness (QED) is 0.268. The number of halogens is 1. The number of carbonyl (C=O) groups excluding carboxylic acids is 2. The van der Waals surface area contributed by atoms with E-state index < -0.39 is 11.8 Å². The molecule has 0 aromatic heterocycles. The van der Waals surface area contributed by atoms with E-state index in [0.717, 1.165) is 0 Å². The fraction of sp³-hybridized carbons (Fsp3) is 0.103. The number of benzene rings is 4. The molecule has 0 aliphatic carbocycles. The van der Waals surface area contributed by atoms with Crippen LogP contribution in [0.2, 0.25) is 0 Å². The van der Waals surface area contributed by atoms with Gasteiger partial charge in [0, 0.05) is 24.3 Å². The van der Waals surface area contributed by atoms with Crippen LogP contribution < -0.4 is 20.3 Å². The summed E-state index contributed by atoms with van der Waals surface area (Å²) in [5, 5.41) is 5.49. The maximum atomic E-state index is 14.1. The SMILES string of the molecule is O=C(NCCCN(C(=O)Nc1ccccc1F)c1ccc(Oc2ccccc2)cc1)c1ccccc1. The number of amides is 3. The van der Waals surface area contributed by atoms with Gasteiger partial charge in [-0.25, -0.2) is 9.18 Å². The number of carbonyl (C=O) groups is 2. The van der Waals surface area contributed by atoms with Crippen molar-refractivity contribution >= 4 is 23.3 Å². The van der Waals surface area contributed by atoms with E-state index in [-0.39, 0.29) is 11.6 Å². The zero-order valence-corrected chi connectivity index (χ0v) is 19.6.